The standard InChI is InChI=1S/C13H18ClN3S/c1-2-15-13(18)17-8-6-16(7-9-17)12-5-3-4-11(14)10-12/h3-5,10H,2,6-9H2,1H3,(H,15,18). The highest BCUT2D eigenvalue weighted by Gasteiger charge is 2.18. The number of piperazine rings is 1. The van der Waals surface area contributed by atoms with Gasteiger partial charge in [0.25, 0.3) is 0 Å². The van der Waals surface area contributed by atoms with E-state index >= 15 is 0 Å². The summed E-state index contributed by atoms with van der Waals surface area (Å²) in [6.07, 6.45) is 0. The molecule has 3 nitrogen and oxygen atoms in total. The molecule has 1 aliphatic heterocycles. The average Bonchev–Trinajstić information content (AvgIpc) is 2.39. The number of hydrogen-bond acceptors (Lipinski definition) is 2. The van der Waals surface area contributed by atoms with Crippen LogP contribution < -0.4 is 10.2 Å². The maximum atomic E-state index is 6.02. The average molecular weight is 284 g/mol. The fourth-order valence-corrected chi connectivity index (χ4v) is 2.62. The fraction of sp³-hybridized carbons (Fsp3) is 0.462. The molecule has 5 heteroatoms. The Labute approximate surface area is 119 Å². The van der Waals surface area contributed by atoms with Crippen molar-refractivity contribution in [3.63, 3.8) is 0 Å². The molecule has 1 saturated heterocycles. The normalized spacial score (nSPS) is 15.7. The van der Waals surface area contributed by atoms with E-state index in [0.717, 1.165) is 42.9 Å². The van der Waals surface area contributed by atoms with Gasteiger partial charge in [-0.1, -0.05) is 17.7 Å². The molecule has 1 aliphatic rings. The predicted octanol–water partition coefficient (Wildman–Crippen LogP) is 2.36. The predicted molar refractivity (Wildman–Crippen MR) is 81.5 cm³/mol. The largest absolute Gasteiger partial charge is 0.368 e. The Morgan fingerprint density at radius 3 is 2.67 bits per heavy atom. The molecule has 2 rings (SSSR count). The molecule has 0 bridgehead atoms. The maximum Gasteiger partial charge on any atom is 0.169 e. The van der Waals surface area contributed by atoms with Crippen LogP contribution in [0.5, 0.6) is 0 Å². The Balaban J connectivity index is 1.92. The summed E-state index contributed by atoms with van der Waals surface area (Å²) >= 11 is 11.3. The number of benzene rings is 1. The van der Waals surface area contributed by atoms with Gasteiger partial charge in [-0.2, -0.15) is 0 Å². The summed E-state index contributed by atoms with van der Waals surface area (Å²) in [7, 11) is 0. The zero-order chi connectivity index (χ0) is 13.0. The molecule has 0 aliphatic carbocycles. The van der Waals surface area contributed by atoms with E-state index in [1.807, 2.05) is 18.2 Å². The van der Waals surface area contributed by atoms with Gasteiger partial charge in [-0.05, 0) is 37.3 Å². The second-order valence-corrected chi connectivity index (χ2v) is 5.11. The van der Waals surface area contributed by atoms with E-state index in [1.165, 1.54) is 5.69 Å². The topological polar surface area (TPSA) is 18.5 Å². The number of halogens is 1. The zero-order valence-electron chi connectivity index (χ0n) is 10.5. The lowest BCUT2D eigenvalue weighted by atomic mass is 10.2. The van der Waals surface area contributed by atoms with Gasteiger partial charge in [0.2, 0.25) is 0 Å². The van der Waals surface area contributed by atoms with E-state index in [1.54, 1.807) is 0 Å². The van der Waals surface area contributed by atoms with E-state index in [4.69, 9.17) is 23.8 Å². The lowest BCUT2D eigenvalue weighted by Gasteiger charge is -2.37. The molecule has 0 saturated carbocycles. The zero-order valence-corrected chi connectivity index (χ0v) is 12.1. The third-order valence-electron chi connectivity index (χ3n) is 3.07. The van der Waals surface area contributed by atoms with E-state index in [9.17, 15) is 0 Å². The number of nitrogens with one attached hydrogen (secondary N) is 1. The highest BCUT2D eigenvalue weighted by atomic mass is 35.5. The summed E-state index contributed by atoms with van der Waals surface area (Å²) in [6, 6.07) is 8.01. The molecule has 1 aromatic carbocycles. The van der Waals surface area contributed by atoms with Crippen molar-refractivity contribution in [2.75, 3.05) is 37.6 Å². The molecule has 1 fully saturated rings. The molecule has 18 heavy (non-hydrogen) atoms. The first-order valence-corrected chi connectivity index (χ1v) is 7.02. The van der Waals surface area contributed by atoms with Gasteiger partial charge in [0, 0.05) is 43.4 Å². The highest BCUT2D eigenvalue weighted by Crippen LogP contribution is 2.20. The number of rotatable bonds is 2. The summed E-state index contributed by atoms with van der Waals surface area (Å²) in [4.78, 5) is 4.57. The quantitative estimate of drug-likeness (QED) is 0.840. The fourth-order valence-electron chi connectivity index (χ4n) is 2.10. The minimum Gasteiger partial charge on any atom is -0.368 e. The van der Waals surface area contributed by atoms with Crippen molar-refractivity contribution in [1.29, 1.82) is 0 Å². The van der Waals surface area contributed by atoms with Gasteiger partial charge in [-0.3, -0.25) is 0 Å². The number of nitrogens with zero attached hydrogens (tertiary/aromatic N) is 2. The van der Waals surface area contributed by atoms with Gasteiger partial charge in [-0.15, -0.1) is 0 Å². The first-order chi connectivity index (χ1) is 8.70. The lowest BCUT2D eigenvalue weighted by Crippen LogP contribution is -2.51. The van der Waals surface area contributed by atoms with E-state index < -0.39 is 0 Å². The van der Waals surface area contributed by atoms with Crippen LogP contribution in [0.2, 0.25) is 5.02 Å². The molecule has 0 atom stereocenters. The van der Waals surface area contributed by atoms with Crippen LogP contribution in [0.3, 0.4) is 0 Å². The number of anilines is 1. The molecule has 1 N–H and O–H groups in total. The summed E-state index contributed by atoms with van der Waals surface area (Å²) in [6.45, 7) is 6.82. The van der Waals surface area contributed by atoms with Gasteiger partial charge >= 0.3 is 0 Å². The van der Waals surface area contributed by atoms with Crippen LogP contribution in [0.1, 0.15) is 6.92 Å². The summed E-state index contributed by atoms with van der Waals surface area (Å²) < 4.78 is 0. The van der Waals surface area contributed by atoms with Crippen LogP contribution in [-0.4, -0.2) is 42.7 Å². The van der Waals surface area contributed by atoms with Crippen LogP contribution in [0.4, 0.5) is 5.69 Å². The van der Waals surface area contributed by atoms with Crippen molar-refractivity contribution >= 4 is 34.6 Å². The van der Waals surface area contributed by atoms with Crippen LogP contribution >= 0.6 is 23.8 Å². The number of thiocarbonyl (C=S) groups is 1. The molecule has 0 radical (unpaired) electrons. The van der Waals surface area contributed by atoms with E-state index in [2.05, 4.69) is 28.1 Å². The van der Waals surface area contributed by atoms with Crippen molar-refractivity contribution in [3.8, 4) is 0 Å². The van der Waals surface area contributed by atoms with E-state index in [-0.39, 0.29) is 0 Å². The summed E-state index contributed by atoms with van der Waals surface area (Å²) in [5, 5.41) is 4.85. The van der Waals surface area contributed by atoms with Gasteiger partial charge < -0.3 is 15.1 Å². The lowest BCUT2D eigenvalue weighted by molar-refractivity contribution is 0.381. The molecule has 0 spiro atoms. The number of hydrogen-bond donors (Lipinski definition) is 1. The van der Waals surface area contributed by atoms with Crippen molar-refractivity contribution in [1.82, 2.24) is 10.2 Å². The molecule has 1 aromatic rings. The minimum atomic E-state index is 0.790. The van der Waals surface area contributed by atoms with Crippen LogP contribution in [0.25, 0.3) is 0 Å². The molecular weight excluding hydrogens is 266 g/mol. The third kappa shape index (κ3) is 3.27. The Morgan fingerprint density at radius 2 is 2.06 bits per heavy atom. The smallest absolute Gasteiger partial charge is 0.169 e. The van der Waals surface area contributed by atoms with Crippen LogP contribution in [0.15, 0.2) is 24.3 Å². The second kappa shape index (κ2) is 6.25. The van der Waals surface area contributed by atoms with Gasteiger partial charge in [0.15, 0.2) is 5.11 Å². The van der Waals surface area contributed by atoms with Crippen molar-refractivity contribution in [2.45, 2.75) is 6.92 Å². The second-order valence-electron chi connectivity index (χ2n) is 4.29. The Hall–Kier alpha value is -1.00. The Morgan fingerprint density at radius 1 is 1.33 bits per heavy atom. The van der Waals surface area contributed by atoms with Crippen molar-refractivity contribution in [3.05, 3.63) is 29.3 Å². The maximum absolute atomic E-state index is 6.02. The first-order valence-electron chi connectivity index (χ1n) is 6.24. The molecule has 0 amide bonds. The van der Waals surface area contributed by atoms with Gasteiger partial charge in [-0.25, -0.2) is 0 Å². The van der Waals surface area contributed by atoms with E-state index in [0.29, 0.717) is 0 Å². The molecule has 0 unspecified atom stereocenters. The molecule has 1 heterocycles. The SMILES string of the molecule is CCNC(=S)N1CCN(c2cccc(Cl)c2)CC1. The third-order valence-corrected chi connectivity index (χ3v) is 3.71. The van der Waals surface area contributed by atoms with Crippen LogP contribution in [-0.2, 0) is 0 Å². The van der Waals surface area contributed by atoms with Gasteiger partial charge in [0.05, 0.1) is 0 Å². The monoisotopic (exact) mass is 283 g/mol. The van der Waals surface area contributed by atoms with Crippen molar-refractivity contribution < 1.29 is 0 Å². The summed E-state index contributed by atoms with van der Waals surface area (Å²) in [5.74, 6) is 0. The highest BCUT2D eigenvalue weighted by molar-refractivity contribution is 7.80. The van der Waals surface area contributed by atoms with Crippen LogP contribution in [0, 0.1) is 0 Å². The first kappa shape index (κ1) is 13.4. The Kier molecular flexibility index (Phi) is 4.66. The molecular formula is C13H18ClN3S. The van der Waals surface area contributed by atoms with Gasteiger partial charge in [0.1, 0.15) is 0 Å². The molecule has 98 valence electrons. The Bertz CT molecular complexity index is 416. The van der Waals surface area contributed by atoms with Crippen molar-refractivity contribution in [2.24, 2.45) is 0 Å². The summed E-state index contributed by atoms with van der Waals surface area (Å²) in [5.41, 5.74) is 1.19. The minimum absolute atomic E-state index is 0.790. The molecule has 0 aromatic heterocycles.